The molecular formula is C14H16N4O3. The molecule has 3 rings (SSSR count). The second-order valence-corrected chi connectivity index (χ2v) is 5.23. The second kappa shape index (κ2) is 5.51. The van der Waals surface area contributed by atoms with Crippen LogP contribution >= 0.6 is 0 Å². The van der Waals surface area contributed by atoms with Crippen LogP contribution in [0, 0.1) is 6.92 Å². The number of carbonyl (C=O) groups is 2. The summed E-state index contributed by atoms with van der Waals surface area (Å²) in [5.74, 6) is 0.410. The number of rotatable bonds is 2. The van der Waals surface area contributed by atoms with Crippen molar-refractivity contribution < 1.29 is 14.1 Å². The van der Waals surface area contributed by atoms with Crippen molar-refractivity contribution in [2.75, 3.05) is 13.1 Å². The molecule has 1 aromatic rings. The molecule has 0 bridgehead atoms. The fourth-order valence-electron chi connectivity index (χ4n) is 2.47. The molecule has 2 aliphatic heterocycles. The van der Waals surface area contributed by atoms with Gasteiger partial charge in [-0.3, -0.25) is 9.59 Å². The van der Waals surface area contributed by atoms with Gasteiger partial charge in [0.15, 0.2) is 0 Å². The van der Waals surface area contributed by atoms with Gasteiger partial charge >= 0.3 is 0 Å². The Morgan fingerprint density at radius 1 is 1.43 bits per heavy atom. The van der Waals surface area contributed by atoms with Crippen LogP contribution in [0.4, 0.5) is 0 Å². The quantitative estimate of drug-likeness (QED) is 0.874. The minimum atomic E-state index is -0.225. The number of hydrazone groups is 1. The first-order valence-electron chi connectivity index (χ1n) is 6.89. The number of amides is 2. The Morgan fingerprint density at radius 3 is 2.76 bits per heavy atom. The predicted molar refractivity (Wildman–Crippen MR) is 75.2 cm³/mol. The van der Waals surface area contributed by atoms with Crippen LogP contribution < -0.4 is 5.43 Å². The maximum absolute atomic E-state index is 12.2. The molecule has 3 heterocycles. The number of hydrogen-bond acceptors (Lipinski definition) is 5. The van der Waals surface area contributed by atoms with Crippen molar-refractivity contribution in [2.45, 2.75) is 26.2 Å². The molecule has 0 radical (unpaired) electrons. The predicted octanol–water partition coefficient (Wildman–Crippen LogP) is 0.865. The molecule has 1 N–H and O–H groups in total. The number of aromatic nitrogens is 1. The fraction of sp³-hybridized carbons (Fsp3) is 0.429. The maximum Gasteiger partial charge on any atom is 0.270 e. The second-order valence-electron chi connectivity index (χ2n) is 5.23. The van der Waals surface area contributed by atoms with E-state index in [-0.39, 0.29) is 18.2 Å². The van der Waals surface area contributed by atoms with Gasteiger partial charge in [-0.05, 0) is 25.8 Å². The average molecular weight is 288 g/mol. The van der Waals surface area contributed by atoms with E-state index in [1.807, 2.05) is 19.1 Å². The lowest BCUT2D eigenvalue weighted by molar-refractivity contribution is -0.125. The summed E-state index contributed by atoms with van der Waals surface area (Å²) in [6.07, 6.45) is 3.69. The summed E-state index contributed by atoms with van der Waals surface area (Å²) in [7, 11) is 0. The minimum Gasteiger partial charge on any atom is -0.361 e. The first kappa shape index (κ1) is 13.5. The van der Waals surface area contributed by atoms with Crippen molar-refractivity contribution in [3.8, 4) is 0 Å². The Balaban J connectivity index is 1.59. The highest BCUT2D eigenvalue weighted by molar-refractivity contribution is 6.43. The zero-order chi connectivity index (χ0) is 14.8. The maximum atomic E-state index is 12.2. The van der Waals surface area contributed by atoms with E-state index in [0.29, 0.717) is 18.8 Å². The van der Waals surface area contributed by atoms with Gasteiger partial charge in [-0.1, -0.05) is 10.7 Å². The van der Waals surface area contributed by atoms with Crippen molar-refractivity contribution in [3.63, 3.8) is 0 Å². The number of aryl methyl sites for hydroxylation is 1. The molecule has 21 heavy (non-hydrogen) atoms. The summed E-state index contributed by atoms with van der Waals surface area (Å²) in [6, 6.07) is 1.88. The third-order valence-electron chi connectivity index (χ3n) is 3.58. The van der Waals surface area contributed by atoms with E-state index in [1.54, 1.807) is 4.90 Å². The first-order valence-corrected chi connectivity index (χ1v) is 6.89. The fourth-order valence-corrected chi connectivity index (χ4v) is 2.47. The van der Waals surface area contributed by atoms with E-state index in [1.165, 1.54) is 5.57 Å². The third kappa shape index (κ3) is 3.01. The van der Waals surface area contributed by atoms with Crippen molar-refractivity contribution >= 4 is 23.6 Å². The Labute approximate surface area is 121 Å². The van der Waals surface area contributed by atoms with Gasteiger partial charge in [0.2, 0.25) is 5.91 Å². The third-order valence-corrected chi connectivity index (χ3v) is 3.58. The Kier molecular flexibility index (Phi) is 3.55. The van der Waals surface area contributed by atoms with Crippen LogP contribution in [-0.4, -0.2) is 40.7 Å². The van der Waals surface area contributed by atoms with Gasteiger partial charge in [0, 0.05) is 19.2 Å². The van der Waals surface area contributed by atoms with Crippen LogP contribution in [0.5, 0.6) is 0 Å². The number of carbonyl (C=O) groups excluding carboxylic acids is 2. The molecule has 0 saturated carbocycles. The lowest BCUT2D eigenvalue weighted by Crippen LogP contribution is -2.40. The molecule has 7 nitrogen and oxygen atoms in total. The van der Waals surface area contributed by atoms with E-state index in [2.05, 4.69) is 15.7 Å². The summed E-state index contributed by atoms with van der Waals surface area (Å²) in [6.45, 7) is 3.12. The molecule has 1 saturated heterocycles. The zero-order valence-corrected chi connectivity index (χ0v) is 11.8. The molecule has 7 heteroatoms. The minimum absolute atomic E-state index is 0.0796. The van der Waals surface area contributed by atoms with Gasteiger partial charge in [0.05, 0.1) is 6.42 Å². The SMILES string of the molecule is Cc1cc(C=C2CCN(C(=O)C3=NNC(=O)C3)CC2)no1. The highest BCUT2D eigenvalue weighted by atomic mass is 16.5. The number of likely N-dealkylation sites (tertiary alicyclic amines) is 1. The molecule has 0 aliphatic carbocycles. The molecule has 0 unspecified atom stereocenters. The van der Waals surface area contributed by atoms with Crippen LogP contribution in [-0.2, 0) is 9.59 Å². The topological polar surface area (TPSA) is 87.8 Å². The largest absolute Gasteiger partial charge is 0.361 e. The lowest BCUT2D eigenvalue weighted by atomic mass is 10.0. The van der Waals surface area contributed by atoms with E-state index < -0.39 is 0 Å². The summed E-state index contributed by atoms with van der Waals surface area (Å²) < 4.78 is 5.03. The zero-order valence-electron chi connectivity index (χ0n) is 11.8. The van der Waals surface area contributed by atoms with Crippen molar-refractivity contribution in [1.82, 2.24) is 15.5 Å². The normalized spacial score (nSPS) is 18.5. The molecule has 2 aliphatic rings. The molecule has 1 aromatic heterocycles. The number of nitrogens with zero attached hydrogens (tertiary/aromatic N) is 3. The van der Waals surface area contributed by atoms with Crippen molar-refractivity contribution in [2.24, 2.45) is 5.10 Å². The summed E-state index contributed by atoms with van der Waals surface area (Å²) in [5.41, 5.74) is 4.67. The highest BCUT2D eigenvalue weighted by Gasteiger charge is 2.27. The molecule has 110 valence electrons. The lowest BCUT2D eigenvalue weighted by Gasteiger charge is -2.28. The summed E-state index contributed by atoms with van der Waals surface area (Å²) >= 11 is 0. The van der Waals surface area contributed by atoms with Crippen molar-refractivity contribution in [3.05, 3.63) is 23.1 Å². The van der Waals surface area contributed by atoms with Crippen molar-refractivity contribution in [1.29, 1.82) is 0 Å². The number of nitrogens with one attached hydrogen (secondary N) is 1. The van der Waals surface area contributed by atoms with Gasteiger partial charge in [-0.2, -0.15) is 5.10 Å². The molecular weight excluding hydrogens is 272 g/mol. The van der Waals surface area contributed by atoms with E-state index in [0.717, 1.165) is 24.3 Å². The Morgan fingerprint density at radius 2 is 2.19 bits per heavy atom. The van der Waals surface area contributed by atoms with Gasteiger partial charge in [-0.15, -0.1) is 0 Å². The van der Waals surface area contributed by atoms with Crippen LogP contribution in [0.15, 0.2) is 21.3 Å². The monoisotopic (exact) mass is 288 g/mol. The van der Waals surface area contributed by atoms with Gasteiger partial charge in [-0.25, -0.2) is 5.43 Å². The smallest absolute Gasteiger partial charge is 0.270 e. The van der Waals surface area contributed by atoms with Gasteiger partial charge < -0.3 is 9.42 Å². The van der Waals surface area contributed by atoms with Gasteiger partial charge in [0.25, 0.3) is 5.91 Å². The molecule has 0 aromatic carbocycles. The average Bonchev–Trinajstić information content (AvgIpc) is 3.08. The van der Waals surface area contributed by atoms with E-state index in [4.69, 9.17) is 4.52 Å². The number of hydrogen-bond donors (Lipinski definition) is 1. The van der Waals surface area contributed by atoms with Gasteiger partial charge in [0.1, 0.15) is 17.2 Å². The van der Waals surface area contributed by atoms with E-state index in [9.17, 15) is 9.59 Å². The van der Waals surface area contributed by atoms with Crippen LogP contribution in [0.1, 0.15) is 30.7 Å². The first-order chi connectivity index (χ1) is 10.1. The number of piperidine rings is 1. The summed E-state index contributed by atoms with van der Waals surface area (Å²) in [5, 5.41) is 7.71. The molecule has 2 amide bonds. The summed E-state index contributed by atoms with van der Waals surface area (Å²) in [4.78, 5) is 25.0. The standard InChI is InChI=1S/C14H16N4O3/c1-9-6-11(17-21-9)7-10-2-4-18(5-3-10)14(20)12-8-13(19)16-15-12/h6-7H,2-5,8H2,1H3,(H,16,19). The molecule has 0 atom stereocenters. The molecule has 0 spiro atoms. The Bertz CT molecular complexity index is 634. The van der Waals surface area contributed by atoms with Crippen LogP contribution in [0.25, 0.3) is 6.08 Å². The van der Waals surface area contributed by atoms with E-state index >= 15 is 0 Å². The van der Waals surface area contributed by atoms with Crippen LogP contribution in [0.3, 0.4) is 0 Å². The Hall–Kier alpha value is -2.44. The van der Waals surface area contributed by atoms with Crippen LogP contribution in [0.2, 0.25) is 0 Å². The molecule has 1 fully saturated rings. The highest BCUT2D eigenvalue weighted by Crippen LogP contribution is 2.20.